The maximum atomic E-state index is 10.7. The minimum absolute atomic E-state index is 0.0725. The van der Waals surface area contributed by atoms with Crippen LogP contribution in [0.25, 0.3) is 0 Å². The molecular formula is C13H16N6O3S. The van der Waals surface area contributed by atoms with E-state index in [4.69, 9.17) is 10.5 Å². The van der Waals surface area contributed by atoms with Crippen molar-refractivity contribution in [3.05, 3.63) is 23.8 Å². The fourth-order valence-electron chi connectivity index (χ4n) is 1.55. The number of phenolic OH excluding ortho intramolecular Hbond substituents is 1. The van der Waals surface area contributed by atoms with Crippen molar-refractivity contribution in [2.75, 3.05) is 17.8 Å². The molecule has 0 fully saturated rings. The normalized spacial score (nSPS) is 10.8. The second-order valence-corrected chi connectivity index (χ2v) is 5.19. The predicted octanol–water partition coefficient (Wildman–Crippen LogP) is 0.932. The largest absolute Gasteiger partial charge is 0.504 e. The van der Waals surface area contributed by atoms with E-state index in [1.165, 1.54) is 6.07 Å². The number of nitrogens with zero attached hydrogens (tertiary/aromatic N) is 3. The number of anilines is 1. The Hall–Kier alpha value is -2.75. The Balaban J connectivity index is 1.93. The number of aromatic hydroxyl groups is 1. The number of carbonyl (C=O) groups excluding carboxylic acids is 1. The number of carbonyl (C=O) groups is 1. The number of ether oxygens (including phenoxy) is 1. The molecule has 0 aliphatic heterocycles. The SMILES string of the molecule is CCOc1cc(/C=N\Nc2nc(SCC(N)=O)n[nH]2)ccc1O. The number of primary amides is 1. The van der Waals surface area contributed by atoms with E-state index in [9.17, 15) is 9.90 Å². The molecule has 0 radical (unpaired) electrons. The number of nitrogens with one attached hydrogen (secondary N) is 2. The lowest BCUT2D eigenvalue weighted by molar-refractivity contribution is -0.115. The summed E-state index contributed by atoms with van der Waals surface area (Å²) in [6.45, 7) is 2.29. The highest BCUT2D eigenvalue weighted by molar-refractivity contribution is 7.99. The third-order valence-electron chi connectivity index (χ3n) is 2.48. The van der Waals surface area contributed by atoms with Crippen molar-refractivity contribution in [2.24, 2.45) is 10.8 Å². The topological polar surface area (TPSA) is 139 Å². The van der Waals surface area contributed by atoms with Crippen LogP contribution in [0.2, 0.25) is 0 Å². The van der Waals surface area contributed by atoms with Crippen LogP contribution in [0.1, 0.15) is 12.5 Å². The van der Waals surface area contributed by atoms with Crippen LogP contribution in [-0.4, -0.2) is 44.8 Å². The first-order chi connectivity index (χ1) is 11.1. The van der Waals surface area contributed by atoms with Crippen LogP contribution in [0.3, 0.4) is 0 Å². The zero-order chi connectivity index (χ0) is 16.7. The fourth-order valence-corrected chi connectivity index (χ4v) is 2.08. The summed E-state index contributed by atoms with van der Waals surface area (Å²) >= 11 is 1.12. The molecule has 122 valence electrons. The summed E-state index contributed by atoms with van der Waals surface area (Å²) in [5, 5.41) is 20.5. The molecule has 0 saturated carbocycles. The molecule has 0 unspecified atom stereocenters. The quantitative estimate of drug-likeness (QED) is 0.319. The molecule has 9 nitrogen and oxygen atoms in total. The lowest BCUT2D eigenvalue weighted by Gasteiger charge is -2.05. The van der Waals surface area contributed by atoms with Gasteiger partial charge in [-0.3, -0.25) is 4.79 Å². The minimum atomic E-state index is -0.440. The maximum absolute atomic E-state index is 10.7. The van der Waals surface area contributed by atoms with Crippen LogP contribution in [0.4, 0.5) is 5.95 Å². The maximum Gasteiger partial charge on any atom is 0.240 e. The van der Waals surface area contributed by atoms with E-state index in [0.29, 0.717) is 23.5 Å². The van der Waals surface area contributed by atoms with Gasteiger partial charge in [0.25, 0.3) is 0 Å². The van der Waals surface area contributed by atoms with Crippen molar-refractivity contribution >= 4 is 29.8 Å². The monoisotopic (exact) mass is 336 g/mol. The predicted molar refractivity (Wildman–Crippen MR) is 86.8 cm³/mol. The Labute approximate surface area is 136 Å². The zero-order valence-corrected chi connectivity index (χ0v) is 13.1. The van der Waals surface area contributed by atoms with Gasteiger partial charge in [-0.25, -0.2) is 10.5 Å². The van der Waals surface area contributed by atoms with Crippen LogP contribution in [0.5, 0.6) is 11.5 Å². The average molecular weight is 336 g/mol. The summed E-state index contributed by atoms with van der Waals surface area (Å²) in [4.78, 5) is 14.7. The number of benzene rings is 1. The van der Waals surface area contributed by atoms with Gasteiger partial charge < -0.3 is 15.6 Å². The molecule has 1 heterocycles. The van der Waals surface area contributed by atoms with Gasteiger partial charge in [-0.1, -0.05) is 11.8 Å². The standard InChI is InChI=1S/C13H16N6O3S/c1-2-22-10-5-8(3-4-9(10)20)6-15-17-12-16-13(19-18-12)23-7-11(14)21/h3-6,20H,2,7H2,1H3,(H2,14,21)(H2,16,17,18,19)/b15-6-. The minimum Gasteiger partial charge on any atom is -0.504 e. The second kappa shape index (κ2) is 8.03. The summed E-state index contributed by atoms with van der Waals surface area (Å²) in [7, 11) is 0. The van der Waals surface area contributed by atoms with Crippen molar-refractivity contribution in [3.63, 3.8) is 0 Å². The van der Waals surface area contributed by atoms with Gasteiger partial charge in [0.1, 0.15) is 0 Å². The van der Waals surface area contributed by atoms with Gasteiger partial charge in [0.05, 0.1) is 18.6 Å². The molecule has 1 aromatic heterocycles. The Morgan fingerprint density at radius 3 is 3.17 bits per heavy atom. The second-order valence-electron chi connectivity index (χ2n) is 4.25. The molecule has 2 aromatic rings. The van der Waals surface area contributed by atoms with Crippen LogP contribution in [-0.2, 0) is 4.79 Å². The molecule has 0 aliphatic rings. The molecular weight excluding hydrogens is 320 g/mol. The Morgan fingerprint density at radius 1 is 1.61 bits per heavy atom. The first-order valence-electron chi connectivity index (χ1n) is 6.67. The highest BCUT2D eigenvalue weighted by atomic mass is 32.2. The number of H-pyrrole nitrogens is 1. The van der Waals surface area contributed by atoms with E-state index in [2.05, 4.69) is 25.7 Å². The van der Waals surface area contributed by atoms with Crippen molar-refractivity contribution in [2.45, 2.75) is 12.1 Å². The number of hydrazone groups is 1. The molecule has 10 heteroatoms. The lowest BCUT2D eigenvalue weighted by Crippen LogP contribution is -2.13. The number of rotatable bonds is 8. The molecule has 1 amide bonds. The number of thioether (sulfide) groups is 1. The highest BCUT2D eigenvalue weighted by Crippen LogP contribution is 2.26. The fraction of sp³-hybridized carbons (Fsp3) is 0.231. The van der Waals surface area contributed by atoms with E-state index in [0.717, 1.165) is 17.3 Å². The van der Waals surface area contributed by atoms with Crippen molar-refractivity contribution in [1.82, 2.24) is 15.2 Å². The van der Waals surface area contributed by atoms with E-state index >= 15 is 0 Å². The molecule has 1 aromatic carbocycles. The van der Waals surface area contributed by atoms with Crippen molar-refractivity contribution < 1.29 is 14.6 Å². The Morgan fingerprint density at radius 2 is 2.43 bits per heavy atom. The summed E-state index contributed by atoms with van der Waals surface area (Å²) in [6.07, 6.45) is 1.54. The summed E-state index contributed by atoms with van der Waals surface area (Å²) < 4.78 is 5.29. The van der Waals surface area contributed by atoms with E-state index in [1.54, 1.807) is 18.3 Å². The first kappa shape index (κ1) is 16.6. The molecule has 0 saturated heterocycles. The van der Waals surface area contributed by atoms with E-state index in [1.807, 2.05) is 6.92 Å². The number of aromatic nitrogens is 3. The number of hydrogen-bond acceptors (Lipinski definition) is 8. The van der Waals surface area contributed by atoms with Crippen molar-refractivity contribution in [3.8, 4) is 11.5 Å². The number of hydrogen-bond donors (Lipinski definition) is 4. The Bertz CT molecular complexity index is 703. The highest BCUT2D eigenvalue weighted by Gasteiger charge is 2.05. The van der Waals surface area contributed by atoms with Gasteiger partial charge in [-0.2, -0.15) is 10.1 Å². The van der Waals surface area contributed by atoms with E-state index in [-0.39, 0.29) is 11.5 Å². The van der Waals surface area contributed by atoms with Crippen LogP contribution in [0.15, 0.2) is 28.5 Å². The number of phenols is 1. The smallest absolute Gasteiger partial charge is 0.240 e. The zero-order valence-electron chi connectivity index (χ0n) is 12.3. The molecule has 0 spiro atoms. The summed E-state index contributed by atoms with van der Waals surface area (Å²) in [6, 6.07) is 4.88. The summed E-state index contributed by atoms with van der Waals surface area (Å²) in [5.41, 5.74) is 8.46. The molecule has 2 rings (SSSR count). The first-order valence-corrected chi connectivity index (χ1v) is 7.65. The molecule has 0 atom stereocenters. The molecule has 5 N–H and O–H groups in total. The van der Waals surface area contributed by atoms with Gasteiger partial charge in [0.15, 0.2) is 11.5 Å². The van der Waals surface area contributed by atoms with Gasteiger partial charge in [0, 0.05) is 0 Å². The van der Waals surface area contributed by atoms with Crippen LogP contribution < -0.4 is 15.9 Å². The Kier molecular flexibility index (Phi) is 5.80. The van der Waals surface area contributed by atoms with Gasteiger partial charge in [0.2, 0.25) is 17.0 Å². The molecule has 23 heavy (non-hydrogen) atoms. The number of nitrogens with two attached hydrogens (primary N) is 1. The third-order valence-corrected chi connectivity index (χ3v) is 3.35. The van der Waals surface area contributed by atoms with Gasteiger partial charge in [-0.15, -0.1) is 5.10 Å². The van der Waals surface area contributed by atoms with Gasteiger partial charge in [-0.05, 0) is 30.7 Å². The summed E-state index contributed by atoms with van der Waals surface area (Å²) in [5.74, 6) is 0.459. The van der Waals surface area contributed by atoms with E-state index < -0.39 is 5.91 Å². The third kappa shape index (κ3) is 5.18. The average Bonchev–Trinajstić information content (AvgIpc) is 2.96. The lowest BCUT2D eigenvalue weighted by atomic mass is 10.2. The van der Waals surface area contributed by atoms with Crippen LogP contribution in [0, 0.1) is 0 Å². The molecule has 0 bridgehead atoms. The number of aromatic amines is 1. The van der Waals surface area contributed by atoms with Crippen LogP contribution >= 0.6 is 11.8 Å². The molecule has 0 aliphatic carbocycles. The number of amides is 1. The van der Waals surface area contributed by atoms with Crippen molar-refractivity contribution in [1.29, 1.82) is 0 Å². The van der Waals surface area contributed by atoms with Gasteiger partial charge >= 0.3 is 0 Å².